The van der Waals surface area contributed by atoms with E-state index in [-0.39, 0.29) is 11.9 Å². The molecule has 0 amide bonds. The number of hydrogen-bond acceptors (Lipinski definition) is 5. The van der Waals surface area contributed by atoms with Crippen LogP contribution in [0.15, 0.2) is 39.2 Å². The van der Waals surface area contributed by atoms with Gasteiger partial charge in [0.05, 0.1) is 19.2 Å². The molecule has 2 aromatic rings. The number of ether oxygens (including phenoxy) is 1. The minimum absolute atomic E-state index is 0.266. The van der Waals surface area contributed by atoms with E-state index in [1.807, 2.05) is 25.1 Å². The van der Waals surface area contributed by atoms with Gasteiger partial charge in [0.1, 0.15) is 16.4 Å². The molecule has 0 spiro atoms. The number of nitro groups is 1. The van der Waals surface area contributed by atoms with Gasteiger partial charge in [-0.2, -0.15) is 0 Å². The summed E-state index contributed by atoms with van der Waals surface area (Å²) in [6, 6.07) is 8.27. The number of nitrogens with zero attached hydrogens (tertiary/aromatic N) is 1. The third kappa shape index (κ3) is 3.43. The monoisotopic (exact) mass is 354 g/mol. The molecule has 112 valence electrons. The first-order valence-electron chi connectivity index (χ1n) is 6.37. The van der Waals surface area contributed by atoms with Crippen LogP contribution < -0.4 is 10.1 Å². The molecular weight excluding hydrogens is 340 g/mol. The molecule has 1 heterocycles. The standard InChI is InChI=1S/C14H15BrN2O4/c1-3-16-14(12-6-7-13(21-12)17(18)19)10-5-4-9(20-2)8-11(10)15/h4-8,14,16H,3H2,1-2H3. The zero-order valence-corrected chi connectivity index (χ0v) is 13.2. The Hall–Kier alpha value is -1.86. The Morgan fingerprint density at radius 1 is 1.43 bits per heavy atom. The van der Waals surface area contributed by atoms with Crippen molar-refractivity contribution in [1.82, 2.24) is 5.32 Å². The third-order valence-corrected chi connectivity index (χ3v) is 3.69. The molecule has 0 saturated heterocycles. The molecule has 0 aliphatic heterocycles. The summed E-state index contributed by atoms with van der Waals surface area (Å²) in [5.74, 6) is 0.957. The molecule has 2 rings (SSSR count). The van der Waals surface area contributed by atoms with Crippen molar-refractivity contribution < 1.29 is 14.1 Å². The van der Waals surface area contributed by atoms with E-state index in [4.69, 9.17) is 9.15 Å². The van der Waals surface area contributed by atoms with Crippen LogP contribution in [0.25, 0.3) is 0 Å². The van der Waals surface area contributed by atoms with Crippen LogP contribution in [0, 0.1) is 10.1 Å². The molecule has 0 aliphatic carbocycles. The Kier molecular flexibility index (Phi) is 4.98. The van der Waals surface area contributed by atoms with Gasteiger partial charge in [-0.3, -0.25) is 10.1 Å². The largest absolute Gasteiger partial charge is 0.497 e. The number of halogens is 1. The van der Waals surface area contributed by atoms with Crippen molar-refractivity contribution in [1.29, 1.82) is 0 Å². The highest BCUT2D eigenvalue weighted by molar-refractivity contribution is 9.10. The molecule has 0 bridgehead atoms. The molecule has 0 fully saturated rings. The first-order valence-corrected chi connectivity index (χ1v) is 7.17. The smallest absolute Gasteiger partial charge is 0.433 e. The van der Waals surface area contributed by atoms with Crippen LogP contribution in [0.5, 0.6) is 5.75 Å². The highest BCUT2D eigenvalue weighted by Gasteiger charge is 2.22. The molecular formula is C14H15BrN2O4. The first-order chi connectivity index (χ1) is 10.1. The van der Waals surface area contributed by atoms with Gasteiger partial charge in [-0.25, -0.2) is 0 Å². The van der Waals surface area contributed by atoms with Gasteiger partial charge in [0.25, 0.3) is 0 Å². The van der Waals surface area contributed by atoms with E-state index >= 15 is 0 Å². The normalized spacial score (nSPS) is 12.1. The van der Waals surface area contributed by atoms with E-state index in [0.29, 0.717) is 12.3 Å². The zero-order chi connectivity index (χ0) is 15.4. The Bertz CT molecular complexity index is 642. The maximum absolute atomic E-state index is 10.7. The number of nitrogens with one attached hydrogen (secondary N) is 1. The van der Waals surface area contributed by atoms with Gasteiger partial charge in [-0.1, -0.05) is 28.9 Å². The van der Waals surface area contributed by atoms with E-state index in [0.717, 1.165) is 15.8 Å². The van der Waals surface area contributed by atoms with Gasteiger partial charge in [-0.05, 0) is 30.3 Å². The van der Waals surface area contributed by atoms with Gasteiger partial charge < -0.3 is 14.5 Å². The van der Waals surface area contributed by atoms with Crippen LogP contribution >= 0.6 is 15.9 Å². The van der Waals surface area contributed by atoms with Crippen molar-refractivity contribution >= 4 is 21.8 Å². The summed E-state index contributed by atoms with van der Waals surface area (Å²) in [4.78, 5) is 10.2. The van der Waals surface area contributed by atoms with Crippen LogP contribution in [0.3, 0.4) is 0 Å². The average Bonchev–Trinajstić information content (AvgIpc) is 2.95. The van der Waals surface area contributed by atoms with Crippen LogP contribution in [-0.4, -0.2) is 18.6 Å². The maximum Gasteiger partial charge on any atom is 0.433 e. The van der Waals surface area contributed by atoms with Gasteiger partial charge >= 0.3 is 5.88 Å². The predicted molar refractivity (Wildman–Crippen MR) is 81.6 cm³/mol. The SMILES string of the molecule is CCNC(c1ccc([N+](=O)[O-])o1)c1ccc(OC)cc1Br. The number of furan rings is 1. The van der Waals surface area contributed by atoms with Crippen LogP contribution in [-0.2, 0) is 0 Å². The van der Waals surface area contributed by atoms with E-state index < -0.39 is 4.92 Å². The molecule has 0 saturated carbocycles. The fraction of sp³-hybridized carbons (Fsp3) is 0.286. The lowest BCUT2D eigenvalue weighted by molar-refractivity contribution is -0.402. The van der Waals surface area contributed by atoms with Gasteiger partial charge in [0, 0.05) is 4.47 Å². The van der Waals surface area contributed by atoms with Crippen LogP contribution in [0.2, 0.25) is 0 Å². The fourth-order valence-electron chi connectivity index (χ4n) is 2.03. The lowest BCUT2D eigenvalue weighted by Gasteiger charge is -2.17. The van der Waals surface area contributed by atoms with Crippen molar-refractivity contribution in [2.75, 3.05) is 13.7 Å². The molecule has 1 aromatic carbocycles. The molecule has 21 heavy (non-hydrogen) atoms. The van der Waals surface area contributed by atoms with E-state index in [2.05, 4.69) is 21.2 Å². The van der Waals surface area contributed by atoms with Crippen molar-refractivity contribution in [2.24, 2.45) is 0 Å². The summed E-state index contributed by atoms with van der Waals surface area (Å²) >= 11 is 3.50. The second kappa shape index (κ2) is 6.73. The third-order valence-electron chi connectivity index (χ3n) is 3.00. The molecule has 1 unspecified atom stereocenters. The van der Waals surface area contributed by atoms with Crippen LogP contribution in [0.4, 0.5) is 5.88 Å². The van der Waals surface area contributed by atoms with Gasteiger partial charge in [0.2, 0.25) is 0 Å². The zero-order valence-electron chi connectivity index (χ0n) is 11.6. The maximum atomic E-state index is 10.7. The topological polar surface area (TPSA) is 77.5 Å². The highest BCUT2D eigenvalue weighted by Crippen LogP contribution is 2.33. The van der Waals surface area contributed by atoms with E-state index in [1.54, 1.807) is 13.2 Å². The van der Waals surface area contributed by atoms with Crippen molar-refractivity contribution in [3.05, 3.63) is 56.2 Å². The number of rotatable bonds is 6. The summed E-state index contributed by atoms with van der Waals surface area (Å²) in [7, 11) is 1.60. The summed E-state index contributed by atoms with van der Waals surface area (Å²) in [5, 5.41) is 14.0. The molecule has 6 nitrogen and oxygen atoms in total. The Balaban J connectivity index is 2.40. The lowest BCUT2D eigenvalue weighted by Crippen LogP contribution is -2.21. The Morgan fingerprint density at radius 3 is 2.71 bits per heavy atom. The minimum atomic E-state index is -0.546. The number of hydrogen-bond donors (Lipinski definition) is 1. The average molecular weight is 355 g/mol. The lowest BCUT2D eigenvalue weighted by atomic mass is 10.0. The second-order valence-corrected chi connectivity index (χ2v) is 5.17. The highest BCUT2D eigenvalue weighted by atomic mass is 79.9. The van der Waals surface area contributed by atoms with E-state index in [9.17, 15) is 10.1 Å². The minimum Gasteiger partial charge on any atom is -0.497 e. The quantitative estimate of drug-likeness (QED) is 0.632. The second-order valence-electron chi connectivity index (χ2n) is 4.31. The summed E-state index contributed by atoms with van der Waals surface area (Å²) in [5.41, 5.74) is 0.918. The summed E-state index contributed by atoms with van der Waals surface area (Å²) in [6.45, 7) is 2.65. The Labute approximate surface area is 130 Å². The van der Waals surface area contributed by atoms with Crippen molar-refractivity contribution in [3.63, 3.8) is 0 Å². The van der Waals surface area contributed by atoms with Crippen LogP contribution in [0.1, 0.15) is 24.3 Å². The molecule has 7 heteroatoms. The van der Waals surface area contributed by atoms with Crippen molar-refractivity contribution in [3.8, 4) is 5.75 Å². The molecule has 0 radical (unpaired) electrons. The first kappa shape index (κ1) is 15.5. The van der Waals surface area contributed by atoms with Gasteiger partial charge in [-0.15, -0.1) is 0 Å². The number of methoxy groups -OCH3 is 1. The fourth-order valence-corrected chi connectivity index (χ4v) is 2.62. The van der Waals surface area contributed by atoms with E-state index in [1.165, 1.54) is 6.07 Å². The molecule has 1 N–H and O–H groups in total. The molecule has 1 atom stereocenters. The van der Waals surface area contributed by atoms with Crippen molar-refractivity contribution in [2.45, 2.75) is 13.0 Å². The summed E-state index contributed by atoms with van der Waals surface area (Å²) < 4.78 is 11.3. The molecule has 1 aromatic heterocycles. The number of benzene rings is 1. The summed E-state index contributed by atoms with van der Waals surface area (Å²) in [6.07, 6.45) is 0. The van der Waals surface area contributed by atoms with Gasteiger partial charge in [0.15, 0.2) is 0 Å². The predicted octanol–water partition coefficient (Wildman–Crippen LogP) is 3.66. The Morgan fingerprint density at radius 2 is 2.19 bits per heavy atom. The molecule has 0 aliphatic rings.